The number of allylic oxidation sites excluding steroid dienone is 1. The molecule has 1 rings (SSSR count). The third-order valence-corrected chi connectivity index (χ3v) is 3.15. The van der Waals surface area contributed by atoms with Crippen LogP contribution in [0.2, 0.25) is 0 Å². The van der Waals surface area contributed by atoms with Crippen LogP contribution in [0.1, 0.15) is 32.6 Å². The number of hydrogen-bond donors (Lipinski definition) is 2. The van der Waals surface area contributed by atoms with Crippen molar-refractivity contribution in [2.75, 3.05) is 40.0 Å². The van der Waals surface area contributed by atoms with E-state index in [0.717, 1.165) is 58.1 Å². The molecule has 1 saturated heterocycles. The molecule has 1 heterocycles. The van der Waals surface area contributed by atoms with Gasteiger partial charge in [0.25, 0.3) is 0 Å². The predicted molar refractivity (Wildman–Crippen MR) is 98.6 cm³/mol. The summed E-state index contributed by atoms with van der Waals surface area (Å²) in [5.74, 6) is 0.855. The largest absolute Gasteiger partial charge is 0.379 e. The fourth-order valence-corrected chi connectivity index (χ4v) is 2.03. The lowest BCUT2D eigenvalue weighted by molar-refractivity contribution is 0.0168. The Labute approximate surface area is 146 Å². The van der Waals surface area contributed by atoms with Crippen LogP contribution in [-0.4, -0.2) is 52.0 Å². The van der Waals surface area contributed by atoms with E-state index in [1.807, 2.05) is 6.92 Å². The Kier molecular flexibility index (Phi) is 14.4. The van der Waals surface area contributed by atoms with Crippen molar-refractivity contribution in [3.63, 3.8) is 0 Å². The second kappa shape index (κ2) is 14.6. The Morgan fingerprint density at radius 1 is 1.38 bits per heavy atom. The van der Waals surface area contributed by atoms with Crippen molar-refractivity contribution >= 4 is 29.9 Å². The first-order valence-corrected chi connectivity index (χ1v) is 7.62. The van der Waals surface area contributed by atoms with Crippen LogP contribution >= 0.6 is 24.0 Å². The first-order valence-electron chi connectivity index (χ1n) is 7.62. The fourth-order valence-electron chi connectivity index (χ4n) is 2.03. The third-order valence-electron chi connectivity index (χ3n) is 3.15. The maximum atomic E-state index is 5.61. The number of halogens is 1. The van der Waals surface area contributed by atoms with Crippen molar-refractivity contribution in [1.82, 2.24) is 10.6 Å². The van der Waals surface area contributed by atoms with Gasteiger partial charge in [-0.15, -0.1) is 24.0 Å². The number of nitrogens with zero attached hydrogens (tertiary/aromatic N) is 1. The zero-order chi connectivity index (χ0) is 14.5. The van der Waals surface area contributed by atoms with Gasteiger partial charge in [-0.25, -0.2) is 0 Å². The van der Waals surface area contributed by atoms with E-state index in [0.29, 0.717) is 6.10 Å². The highest BCUT2D eigenvalue weighted by atomic mass is 127. The van der Waals surface area contributed by atoms with E-state index in [4.69, 9.17) is 9.47 Å². The minimum atomic E-state index is 0. The van der Waals surface area contributed by atoms with Gasteiger partial charge < -0.3 is 20.1 Å². The summed E-state index contributed by atoms with van der Waals surface area (Å²) in [6.07, 6.45) is 8.82. The van der Waals surface area contributed by atoms with E-state index in [-0.39, 0.29) is 24.0 Å². The summed E-state index contributed by atoms with van der Waals surface area (Å²) in [7, 11) is 1.79. The zero-order valence-electron chi connectivity index (χ0n) is 13.3. The highest BCUT2D eigenvalue weighted by Crippen LogP contribution is 2.11. The Morgan fingerprint density at radius 2 is 2.19 bits per heavy atom. The number of ether oxygens (including phenoxy) is 2. The second-order valence-electron chi connectivity index (χ2n) is 4.85. The molecule has 0 aliphatic carbocycles. The molecule has 2 N–H and O–H groups in total. The third kappa shape index (κ3) is 11.0. The summed E-state index contributed by atoms with van der Waals surface area (Å²) in [4.78, 5) is 4.18. The molecule has 0 aromatic carbocycles. The number of aliphatic imine (C=N–C) groups is 1. The van der Waals surface area contributed by atoms with Crippen molar-refractivity contribution < 1.29 is 9.47 Å². The molecule has 0 amide bonds. The van der Waals surface area contributed by atoms with Crippen molar-refractivity contribution in [2.45, 2.75) is 38.7 Å². The van der Waals surface area contributed by atoms with E-state index >= 15 is 0 Å². The molecule has 1 unspecified atom stereocenters. The molecule has 1 fully saturated rings. The van der Waals surface area contributed by atoms with Crippen LogP contribution in [0.3, 0.4) is 0 Å². The van der Waals surface area contributed by atoms with Crippen LogP contribution < -0.4 is 10.6 Å². The number of nitrogens with one attached hydrogen (secondary N) is 2. The van der Waals surface area contributed by atoms with Gasteiger partial charge in [-0.05, 0) is 32.6 Å². The number of guanidine groups is 1. The van der Waals surface area contributed by atoms with Crippen LogP contribution in [0, 0.1) is 0 Å². The Balaban J connectivity index is 0.00000400. The molecule has 0 aromatic heterocycles. The molecule has 124 valence electrons. The molecule has 0 aromatic rings. The molecular weight excluding hydrogens is 381 g/mol. The molecule has 1 aliphatic rings. The van der Waals surface area contributed by atoms with Crippen LogP contribution in [0.15, 0.2) is 17.1 Å². The molecule has 1 aliphatic heterocycles. The van der Waals surface area contributed by atoms with E-state index in [1.54, 1.807) is 7.05 Å². The minimum Gasteiger partial charge on any atom is -0.379 e. The zero-order valence-corrected chi connectivity index (χ0v) is 15.6. The van der Waals surface area contributed by atoms with Gasteiger partial charge in [0.15, 0.2) is 5.96 Å². The van der Waals surface area contributed by atoms with Crippen LogP contribution in [0.5, 0.6) is 0 Å². The van der Waals surface area contributed by atoms with Crippen LogP contribution in [0.25, 0.3) is 0 Å². The molecule has 5 nitrogen and oxygen atoms in total. The second-order valence-corrected chi connectivity index (χ2v) is 4.85. The molecule has 0 saturated carbocycles. The average Bonchev–Trinajstić information content (AvgIpc) is 2.98. The Morgan fingerprint density at radius 3 is 2.86 bits per heavy atom. The molecule has 0 radical (unpaired) electrons. The van der Waals surface area contributed by atoms with Gasteiger partial charge in [-0.2, -0.15) is 0 Å². The molecule has 21 heavy (non-hydrogen) atoms. The van der Waals surface area contributed by atoms with E-state index in [2.05, 4.69) is 27.8 Å². The van der Waals surface area contributed by atoms with Gasteiger partial charge in [0, 0.05) is 33.4 Å². The molecular formula is C15H30IN3O2. The summed E-state index contributed by atoms with van der Waals surface area (Å²) >= 11 is 0. The van der Waals surface area contributed by atoms with Crippen molar-refractivity contribution in [3.8, 4) is 0 Å². The normalized spacial score (nSPS) is 18.8. The summed E-state index contributed by atoms with van der Waals surface area (Å²) in [6.45, 7) is 6.20. The minimum absolute atomic E-state index is 0. The van der Waals surface area contributed by atoms with E-state index < -0.39 is 0 Å². The monoisotopic (exact) mass is 411 g/mol. The van der Waals surface area contributed by atoms with Gasteiger partial charge in [-0.1, -0.05) is 12.2 Å². The summed E-state index contributed by atoms with van der Waals surface area (Å²) in [5.41, 5.74) is 0. The first-order chi connectivity index (χ1) is 9.86. The van der Waals surface area contributed by atoms with Gasteiger partial charge in [0.05, 0.1) is 12.7 Å². The summed E-state index contributed by atoms with van der Waals surface area (Å²) in [5, 5.41) is 6.55. The Hall–Kier alpha value is -0.340. The Bertz CT molecular complexity index is 293. The molecule has 6 heteroatoms. The van der Waals surface area contributed by atoms with Crippen molar-refractivity contribution in [1.29, 1.82) is 0 Å². The summed E-state index contributed by atoms with van der Waals surface area (Å²) < 4.78 is 11.1. The summed E-state index contributed by atoms with van der Waals surface area (Å²) in [6, 6.07) is 0. The number of hydrogen-bond acceptors (Lipinski definition) is 3. The van der Waals surface area contributed by atoms with Crippen LogP contribution in [0.4, 0.5) is 0 Å². The van der Waals surface area contributed by atoms with Crippen LogP contribution in [-0.2, 0) is 9.47 Å². The van der Waals surface area contributed by atoms with Gasteiger partial charge in [0.2, 0.25) is 0 Å². The van der Waals surface area contributed by atoms with Gasteiger partial charge in [-0.3, -0.25) is 4.99 Å². The van der Waals surface area contributed by atoms with Gasteiger partial charge >= 0.3 is 0 Å². The SMILES string of the molecule is CC=CCCNC(=NC)NCCCOCC1CCCO1.I. The lowest BCUT2D eigenvalue weighted by Crippen LogP contribution is -2.38. The maximum absolute atomic E-state index is 5.61. The average molecular weight is 411 g/mol. The van der Waals surface area contributed by atoms with Crippen molar-refractivity contribution in [3.05, 3.63) is 12.2 Å². The fraction of sp³-hybridized carbons (Fsp3) is 0.800. The highest BCUT2D eigenvalue weighted by Gasteiger charge is 2.14. The van der Waals surface area contributed by atoms with Crippen molar-refractivity contribution in [2.24, 2.45) is 4.99 Å². The predicted octanol–water partition coefficient (Wildman–Crippen LogP) is 2.32. The number of rotatable bonds is 9. The first kappa shape index (κ1) is 20.7. The lowest BCUT2D eigenvalue weighted by atomic mass is 10.2. The standard InChI is InChI=1S/C15H29N3O2.HI/c1-3-4-5-9-17-15(16-2)18-10-7-11-19-13-14-8-6-12-20-14;/h3-4,14H,5-13H2,1-2H3,(H2,16,17,18);1H. The lowest BCUT2D eigenvalue weighted by Gasteiger charge is -2.12. The highest BCUT2D eigenvalue weighted by molar-refractivity contribution is 14.0. The molecule has 1 atom stereocenters. The topological polar surface area (TPSA) is 54.9 Å². The molecule has 0 spiro atoms. The van der Waals surface area contributed by atoms with Gasteiger partial charge in [0.1, 0.15) is 0 Å². The van der Waals surface area contributed by atoms with E-state index in [9.17, 15) is 0 Å². The van der Waals surface area contributed by atoms with E-state index in [1.165, 1.54) is 6.42 Å². The maximum Gasteiger partial charge on any atom is 0.190 e. The quantitative estimate of drug-likeness (QED) is 0.201. The molecule has 0 bridgehead atoms. The smallest absolute Gasteiger partial charge is 0.190 e.